The number of carbonyl (C=O) groups excluding carboxylic acids is 4. The Morgan fingerprint density at radius 3 is 2.12 bits per heavy atom. The SMILES string of the molecule is CCc1ccc(NC(=O)Nc2cc(NC(=O)OC(C)COC(=O)Cc3ccc(C)c(CC(C)=O)c3)ccc2C)cc1. The smallest absolute Gasteiger partial charge is 0.412 e. The number of anilines is 3. The van der Waals surface area contributed by atoms with Crippen molar-refractivity contribution in [2.75, 3.05) is 22.6 Å². The number of carbonyl (C=O) groups is 4. The van der Waals surface area contributed by atoms with Gasteiger partial charge < -0.3 is 20.1 Å². The third kappa shape index (κ3) is 10.1. The molecule has 0 heterocycles. The molecule has 0 aromatic heterocycles. The Morgan fingerprint density at radius 1 is 0.780 bits per heavy atom. The number of rotatable bonds is 11. The number of esters is 1. The van der Waals surface area contributed by atoms with Crippen molar-refractivity contribution in [1.82, 2.24) is 0 Å². The number of Topliss-reactive ketones (excluding diaryl/α,β-unsaturated/α-hetero) is 1. The summed E-state index contributed by atoms with van der Waals surface area (Å²) < 4.78 is 10.6. The molecule has 0 fully saturated rings. The molecule has 3 aromatic rings. The van der Waals surface area contributed by atoms with E-state index in [1.54, 1.807) is 25.1 Å². The highest BCUT2D eigenvalue weighted by atomic mass is 16.6. The minimum absolute atomic E-state index is 0.0425. The number of benzene rings is 3. The molecule has 9 nitrogen and oxygen atoms in total. The first-order valence-electron chi connectivity index (χ1n) is 13.5. The van der Waals surface area contributed by atoms with Crippen molar-refractivity contribution in [3.05, 3.63) is 88.5 Å². The second-order valence-corrected chi connectivity index (χ2v) is 10.00. The van der Waals surface area contributed by atoms with Crippen molar-refractivity contribution in [3.63, 3.8) is 0 Å². The van der Waals surface area contributed by atoms with Crippen LogP contribution in [0, 0.1) is 13.8 Å². The van der Waals surface area contributed by atoms with Gasteiger partial charge in [0.25, 0.3) is 0 Å². The Balaban J connectivity index is 1.47. The molecule has 0 aliphatic carbocycles. The maximum atomic E-state index is 12.5. The number of nitrogens with one attached hydrogen (secondary N) is 3. The van der Waals surface area contributed by atoms with Crippen molar-refractivity contribution in [3.8, 4) is 0 Å². The van der Waals surface area contributed by atoms with Gasteiger partial charge in [-0.05, 0) is 86.2 Å². The van der Waals surface area contributed by atoms with Gasteiger partial charge in [0.15, 0.2) is 0 Å². The standard InChI is InChI=1S/C32H37N3O6/c1-6-24-10-13-27(14-11-24)33-31(38)35-29-18-28(12-8-21(29)3)34-32(39)41-23(5)19-40-30(37)17-25-9-7-20(2)26(16-25)15-22(4)36/h7-14,16,18,23H,6,15,17,19H2,1-5H3,(H,34,39)(H2,33,35,38). The van der Waals surface area contributed by atoms with Crippen molar-refractivity contribution >= 4 is 40.9 Å². The number of hydrogen-bond donors (Lipinski definition) is 3. The zero-order chi connectivity index (χ0) is 29.9. The second kappa shape index (κ2) is 14.6. The Labute approximate surface area is 240 Å². The molecule has 1 unspecified atom stereocenters. The average Bonchev–Trinajstić information content (AvgIpc) is 2.91. The minimum atomic E-state index is -0.726. The van der Waals surface area contributed by atoms with Crippen molar-refractivity contribution in [2.24, 2.45) is 0 Å². The molecule has 9 heteroatoms. The van der Waals surface area contributed by atoms with Crippen LogP contribution in [0.4, 0.5) is 26.7 Å². The van der Waals surface area contributed by atoms with Gasteiger partial charge in [-0.3, -0.25) is 14.9 Å². The Morgan fingerprint density at radius 2 is 1.44 bits per heavy atom. The van der Waals surface area contributed by atoms with Gasteiger partial charge in [-0.25, -0.2) is 9.59 Å². The van der Waals surface area contributed by atoms with E-state index in [0.717, 1.165) is 28.7 Å². The number of urea groups is 1. The molecule has 0 radical (unpaired) electrons. The molecule has 0 aliphatic heterocycles. The van der Waals surface area contributed by atoms with Crippen LogP contribution in [-0.4, -0.2) is 36.6 Å². The normalized spacial score (nSPS) is 11.2. The van der Waals surface area contributed by atoms with Crippen LogP contribution in [0.3, 0.4) is 0 Å². The van der Waals surface area contributed by atoms with Crippen LogP contribution in [0.2, 0.25) is 0 Å². The fraction of sp³-hybridized carbons (Fsp3) is 0.312. The van der Waals surface area contributed by atoms with Gasteiger partial charge in [0.1, 0.15) is 18.5 Å². The summed E-state index contributed by atoms with van der Waals surface area (Å²) in [7, 11) is 0. The number of hydrogen-bond acceptors (Lipinski definition) is 6. The summed E-state index contributed by atoms with van der Waals surface area (Å²) in [4.78, 5) is 48.7. The maximum absolute atomic E-state index is 12.5. The maximum Gasteiger partial charge on any atom is 0.412 e. The lowest BCUT2D eigenvalue weighted by molar-refractivity contribution is -0.145. The molecule has 0 aliphatic rings. The van der Waals surface area contributed by atoms with E-state index in [1.807, 2.05) is 56.3 Å². The lowest BCUT2D eigenvalue weighted by atomic mass is 9.99. The highest BCUT2D eigenvalue weighted by Crippen LogP contribution is 2.21. The Hall–Kier alpha value is -4.66. The first kappa shape index (κ1) is 30.9. The molecule has 0 bridgehead atoms. The molecular formula is C32H37N3O6. The van der Waals surface area contributed by atoms with E-state index >= 15 is 0 Å². The van der Waals surface area contributed by atoms with Crippen LogP contribution in [0.1, 0.15) is 48.6 Å². The summed E-state index contributed by atoms with van der Waals surface area (Å²) in [5, 5.41) is 8.21. The fourth-order valence-electron chi connectivity index (χ4n) is 4.03. The summed E-state index contributed by atoms with van der Waals surface area (Å²) in [5.41, 5.74) is 6.21. The monoisotopic (exact) mass is 559 g/mol. The van der Waals surface area contributed by atoms with E-state index in [0.29, 0.717) is 23.5 Å². The largest absolute Gasteiger partial charge is 0.461 e. The fourth-order valence-corrected chi connectivity index (χ4v) is 4.03. The van der Waals surface area contributed by atoms with Gasteiger partial charge in [0, 0.05) is 23.5 Å². The summed E-state index contributed by atoms with van der Waals surface area (Å²) in [6.45, 7) is 8.85. The topological polar surface area (TPSA) is 123 Å². The Kier molecular flexibility index (Phi) is 11.0. The first-order valence-corrected chi connectivity index (χ1v) is 13.5. The summed E-state index contributed by atoms with van der Waals surface area (Å²) in [5.74, 6) is -0.415. The quantitative estimate of drug-likeness (QED) is 0.235. The van der Waals surface area contributed by atoms with E-state index in [9.17, 15) is 19.2 Å². The molecule has 3 aromatic carbocycles. The van der Waals surface area contributed by atoms with Crippen LogP contribution >= 0.6 is 0 Å². The van der Waals surface area contributed by atoms with Crippen molar-refractivity contribution in [2.45, 2.75) is 60.0 Å². The molecule has 0 saturated carbocycles. The van der Waals surface area contributed by atoms with E-state index in [1.165, 1.54) is 12.5 Å². The molecule has 3 rings (SSSR count). The van der Waals surface area contributed by atoms with E-state index in [2.05, 4.69) is 22.9 Å². The summed E-state index contributed by atoms with van der Waals surface area (Å²) >= 11 is 0. The number of ether oxygens (including phenoxy) is 2. The van der Waals surface area contributed by atoms with Gasteiger partial charge in [-0.2, -0.15) is 0 Å². The van der Waals surface area contributed by atoms with E-state index in [-0.39, 0.29) is 18.8 Å². The first-order chi connectivity index (χ1) is 19.5. The zero-order valence-corrected chi connectivity index (χ0v) is 24.1. The third-order valence-electron chi connectivity index (χ3n) is 6.34. The van der Waals surface area contributed by atoms with Crippen molar-refractivity contribution in [1.29, 1.82) is 0 Å². The molecule has 1 atom stereocenters. The average molecular weight is 560 g/mol. The predicted octanol–water partition coefficient (Wildman–Crippen LogP) is 6.36. The Bertz CT molecular complexity index is 1400. The number of aryl methyl sites for hydroxylation is 3. The molecule has 216 valence electrons. The van der Waals surface area contributed by atoms with Crippen LogP contribution in [-0.2, 0) is 38.3 Å². The van der Waals surface area contributed by atoms with Crippen LogP contribution < -0.4 is 16.0 Å². The summed E-state index contributed by atoms with van der Waals surface area (Å²) in [6, 6.07) is 17.8. The number of ketones is 1. The van der Waals surface area contributed by atoms with Gasteiger partial charge >= 0.3 is 18.1 Å². The van der Waals surface area contributed by atoms with Gasteiger partial charge in [-0.1, -0.05) is 43.3 Å². The van der Waals surface area contributed by atoms with Crippen LogP contribution in [0.25, 0.3) is 0 Å². The lowest BCUT2D eigenvalue weighted by Crippen LogP contribution is -2.26. The molecule has 0 saturated heterocycles. The van der Waals surface area contributed by atoms with Crippen LogP contribution in [0.15, 0.2) is 60.7 Å². The van der Waals surface area contributed by atoms with Crippen LogP contribution in [0.5, 0.6) is 0 Å². The molecule has 3 N–H and O–H groups in total. The summed E-state index contributed by atoms with van der Waals surface area (Å²) in [6.07, 6.45) is -0.153. The third-order valence-corrected chi connectivity index (χ3v) is 6.34. The van der Waals surface area contributed by atoms with Gasteiger partial charge in [-0.15, -0.1) is 0 Å². The molecule has 0 spiro atoms. The molecular weight excluding hydrogens is 522 g/mol. The van der Waals surface area contributed by atoms with E-state index in [4.69, 9.17) is 9.47 Å². The highest BCUT2D eigenvalue weighted by molar-refractivity contribution is 6.00. The highest BCUT2D eigenvalue weighted by Gasteiger charge is 2.15. The van der Waals surface area contributed by atoms with Gasteiger partial charge in [0.2, 0.25) is 0 Å². The minimum Gasteiger partial charge on any atom is -0.461 e. The van der Waals surface area contributed by atoms with Gasteiger partial charge in [0.05, 0.1) is 6.42 Å². The lowest BCUT2D eigenvalue weighted by Gasteiger charge is -2.16. The predicted molar refractivity (Wildman–Crippen MR) is 159 cm³/mol. The molecule has 41 heavy (non-hydrogen) atoms. The van der Waals surface area contributed by atoms with Crippen molar-refractivity contribution < 1.29 is 28.7 Å². The zero-order valence-electron chi connectivity index (χ0n) is 24.1. The second-order valence-electron chi connectivity index (χ2n) is 10.00. The number of amides is 3. The molecule has 3 amide bonds. The van der Waals surface area contributed by atoms with E-state index < -0.39 is 24.2 Å².